The molecule has 1 rings (SSSR count). The van der Waals surface area contributed by atoms with E-state index in [-0.39, 0.29) is 16.0 Å². The molecule has 2 N–H and O–H groups in total. The van der Waals surface area contributed by atoms with Crippen molar-refractivity contribution in [3.8, 4) is 0 Å². The van der Waals surface area contributed by atoms with Gasteiger partial charge in [0.2, 0.25) is 0 Å². The van der Waals surface area contributed by atoms with E-state index in [0.29, 0.717) is 5.56 Å². The molecule has 0 aromatic heterocycles. The Morgan fingerprint density at radius 1 is 1.05 bits per heavy atom. The Labute approximate surface area is 113 Å². The topological polar surface area (TPSA) is 91.7 Å². The molecule has 1 atom stereocenters. The SMILES string of the molecule is CS(=O)c1c(C(=O)O)cc(C(C)(C)C)cc1C(=O)O. The standard InChI is InChI=1S/C13H16O5S/c1-13(2,3)7-5-8(11(14)15)10(19(4)18)9(6-7)12(16)17/h5-6H,1-4H3,(H,14,15)(H,16,17). The maximum absolute atomic E-state index is 11.6. The third kappa shape index (κ3) is 3.20. The molecule has 0 fully saturated rings. The Kier molecular flexibility index (Phi) is 4.15. The van der Waals surface area contributed by atoms with Crippen molar-refractivity contribution in [2.45, 2.75) is 31.1 Å². The fourth-order valence-corrected chi connectivity index (χ4v) is 2.60. The summed E-state index contributed by atoms with van der Waals surface area (Å²) in [6.07, 6.45) is 1.27. The van der Waals surface area contributed by atoms with Gasteiger partial charge in [-0.3, -0.25) is 4.21 Å². The normalized spacial score (nSPS) is 13.1. The second kappa shape index (κ2) is 5.13. The fourth-order valence-electron chi connectivity index (χ4n) is 1.69. The lowest BCUT2D eigenvalue weighted by Gasteiger charge is -2.21. The summed E-state index contributed by atoms with van der Waals surface area (Å²) in [4.78, 5) is 22.4. The summed E-state index contributed by atoms with van der Waals surface area (Å²) >= 11 is 0. The van der Waals surface area contributed by atoms with Crippen LogP contribution in [0.15, 0.2) is 17.0 Å². The lowest BCUT2D eigenvalue weighted by molar-refractivity contribution is 0.0689. The van der Waals surface area contributed by atoms with Gasteiger partial charge in [0, 0.05) is 6.26 Å². The van der Waals surface area contributed by atoms with Gasteiger partial charge in [-0.05, 0) is 23.1 Å². The first-order valence-corrected chi connectivity index (χ1v) is 7.10. The van der Waals surface area contributed by atoms with Crippen molar-refractivity contribution >= 4 is 22.7 Å². The van der Waals surface area contributed by atoms with Crippen LogP contribution in [0.2, 0.25) is 0 Å². The quantitative estimate of drug-likeness (QED) is 0.887. The maximum atomic E-state index is 11.6. The van der Waals surface area contributed by atoms with E-state index in [2.05, 4.69) is 0 Å². The van der Waals surface area contributed by atoms with Gasteiger partial charge in [-0.25, -0.2) is 9.59 Å². The molecule has 1 unspecified atom stereocenters. The van der Waals surface area contributed by atoms with Gasteiger partial charge in [0.25, 0.3) is 0 Å². The molecule has 0 aliphatic carbocycles. The molecule has 0 bridgehead atoms. The number of hydrogen-bond acceptors (Lipinski definition) is 3. The summed E-state index contributed by atoms with van der Waals surface area (Å²) < 4.78 is 11.6. The highest BCUT2D eigenvalue weighted by atomic mass is 32.2. The number of aromatic carboxylic acids is 2. The lowest BCUT2D eigenvalue weighted by atomic mass is 9.85. The third-order valence-corrected chi connectivity index (χ3v) is 3.72. The van der Waals surface area contributed by atoms with Crippen LogP contribution in [0.4, 0.5) is 0 Å². The number of carbonyl (C=O) groups is 2. The molecule has 19 heavy (non-hydrogen) atoms. The molecule has 0 spiro atoms. The van der Waals surface area contributed by atoms with Gasteiger partial charge in [0.15, 0.2) is 0 Å². The van der Waals surface area contributed by atoms with Crippen molar-refractivity contribution in [2.24, 2.45) is 0 Å². The second-order valence-electron chi connectivity index (χ2n) is 5.21. The Morgan fingerprint density at radius 2 is 1.42 bits per heavy atom. The molecule has 1 aromatic carbocycles. The Hall–Kier alpha value is -1.69. The number of hydrogen-bond donors (Lipinski definition) is 2. The highest BCUT2D eigenvalue weighted by molar-refractivity contribution is 7.84. The van der Waals surface area contributed by atoms with E-state index in [1.165, 1.54) is 18.4 Å². The molecule has 5 nitrogen and oxygen atoms in total. The zero-order valence-corrected chi connectivity index (χ0v) is 12.0. The van der Waals surface area contributed by atoms with Gasteiger partial charge < -0.3 is 10.2 Å². The van der Waals surface area contributed by atoms with Crippen molar-refractivity contribution in [3.63, 3.8) is 0 Å². The maximum Gasteiger partial charge on any atom is 0.336 e. The van der Waals surface area contributed by atoms with Crippen molar-refractivity contribution in [1.82, 2.24) is 0 Å². The molecular weight excluding hydrogens is 268 g/mol. The minimum Gasteiger partial charge on any atom is -0.478 e. The average Bonchev–Trinajstić information content (AvgIpc) is 2.25. The van der Waals surface area contributed by atoms with E-state index in [1.807, 2.05) is 20.8 Å². The first-order chi connectivity index (χ1) is 8.55. The molecule has 0 radical (unpaired) electrons. The third-order valence-electron chi connectivity index (χ3n) is 2.70. The van der Waals surface area contributed by atoms with Crippen molar-refractivity contribution in [3.05, 3.63) is 28.8 Å². The molecule has 0 aliphatic heterocycles. The summed E-state index contributed by atoms with van der Waals surface area (Å²) in [6.45, 7) is 5.55. The number of rotatable bonds is 3. The van der Waals surface area contributed by atoms with Crippen LogP contribution in [-0.4, -0.2) is 32.6 Å². The van der Waals surface area contributed by atoms with E-state index < -0.39 is 28.2 Å². The van der Waals surface area contributed by atoms with E-state index in [4.69, 9.17) is 0 Å². The van der Waals surface area contributed by atoms with E-state index in [0.717, 1.165) is 0 Å². The van der Waals surface area contributed by atoms with E-state index >= 15 is 0 Å². The summed E-state index contributed by atoms with van der Waals surface area (Å²) in [7, 11) is -1.69. The number of carboxylic acids is 2. The molecule has 1 aromatic rings. The highest BCUT2D eigenvalue weighted by Gasteiger charge is 2.26. The van der Waals surface area contributed by atoms with E-state index in [9.17, 15) is 24.0 Å². The Bertz CT molecular complexity index is 534. The summed E-state index contributed by atoms with van der Waals surface area (Å²) in [5.41, 5.74) is -0.255. The molecular formula is C13H16O5S. The van der Waals surface area contributed by atoms with Crippen LogP contribution in [0.1, 0.15) is 47.1 Å². The smallest absolute Gasteiger partial charge is 0.336 e. The monoisotopic (exact) mass is 284 g/mol. The molecule has 104 valence electrons. The zero-order chi connectivity index (χ0) is 15.0. The van der Waals surface area contributed by atoms with Gasteiger partial charge in [0.05, 0.1) is 26.8 Å². The molecule has 0 aliphatic rings. The van der Waals surface area contributed by atoms with Gasteiger partial charge in [-0.2, -0.15) is 0 Å². The summed E-state index contributed by atoms with van der Waals surface area (Å²) in [5, 5.41) is 18.4. The first-order valence-electron chi connectivity index (χ1n) is 5.54. The largest absolute Gasteiger partial charge is 0.478 e. The van der Waals surface area contributed by atoms with Gasteiger partial charge in [-0.1, -0.05) is 20.8 Å². The average molecular weight is 284 g/mol. The van der Waals surface area contributed by atoms with Crippen LogP contribution in [-0.2, 0) is 16.2 Å². The van der Waals surface area contributed by atoms with Gasteiger partial charge in [0.1, 0.15) is 0 Å². The van der Waals surface area contributed by atoms with Crippen molar-refractivity contribution in [1.29, 1.82) is 0 Å². The fraction of sp³-hybridized carbons (Fsp3) is 0.385. The lowest BCUT2D eigenvalue weighted by Crippen LogP contribution is -2.17. The molecule has 0 saturated carbocycles. The van der Waals surface area contributed by atoms with Crippen LogP contribution in [0.5, 0.6) is 0 Å². The van der Waals surface area contributed by atoms with Crippen LogP contribution < -0.4 is 0 Å². The molecule has 0 saturated heterocycles. The Balaban J connectivity index is 3.78. The summed E-state index contributed by atoms with van der Waals surface area (Å²) in [6, 6.07) is 2.79. The van der Waals surface area contributed by atoms with Gasteiger partial charge in [-0.15, -0.1) is 0 Å². The highest BCUT2D eigenvalue weighted by Crippen LogP contribution is 2.29. The first kappa shape index (κ1) is 15.4. The minimum absolute atomic E-state index is 0.145. The van der Waals surface area contributed by atoms with Crippen LogP contribution >= 0.6 is 0 Å². The minimum atomic E-state index is -1.69. The second-order valence-corrected chi connectivity index (χ2v) is 6.53. The van der Waals surface area contributed by atoms with Crippen LogP contribution in [0.25, 0.3) is 0 Å². The van der Waals surface area contributed by atoms with E-state index in [1.54, 1.807) is 0 Å². The number of benzene rings is 1. The van der Waals surface area contributed by atoms with Gasteiger partial charge >= 0.3 is 11.9 Å². The van der Waals surface area contributed by atoms with Crippen molar-refractivity contribution in [2.75, 3.05) is 6.26 Å². The number of carboxylic acid groups (broad SMARTS) is 2. The van der Waals surface area contributed by atoms with Crippen molar-refractivity contribution < 1.29 is 24.0 Å². The predicted octanol–water partition coefficient (Wildman–Crippen LogP) is 2.12. The molecule has 0 amide bonds. The summed E-state index contributed by atoms with van der Waals surface area (Å²) in [5.74, 6) is -2.56. The zero-order valence-electron chi connectivity index (χ0n) is 11.2. The predicted molar refractivity (Wildman–Crippen MR) is 71.4 cm³/mol. The van der Waals surface area contributed by atoms with Crippen LogP contribution in [0.3, 0.4) is 0 Å². The Morgan fingerprint density at radius 3 is 1.63 bits per heavy atom. The molecule has 6 heteroatoms. The van der Waals surface area contributed by atoms with Crippen LogP contribution in [0, 0.1) is 0 Å². The molecule has 0 heterocycles.